The predicted molar refractivity (Wildman–Crippen MR) is 92.9 cm³/mol. The van der Waals surface area contributed by atoms with Gasteiger partial charge in [-0.15, -0.1) is 0 Å². The zero-order valence-electron chi connectivity index (χ0n) is 15.0. The molecule has 1 aromatic heterocycles. The van der Waals surface area contributed by atoms with Gasteiger partial charge in [0.1, 0.15) is 5.75 Å². The van der Waals surface area contributed by atoms with Gasteiger partial charge in [-0.3, -0.25) is 9.59 Å². The van der Waals surface area contributed by atoms with Crippen LogP contribution in [0.3, 0.4) is 0 Å². The van der Waals surface area contributed by atoms with Crippen molar-refractivity contribution in [1.82, 2.24) is 15.1 Å². The Bertz CT molecular complexity index is 768. The van der Waals surface area contributed by atoms with Crippen molar-refractivity contribution < 1.29 is 19.1 Å². The summed E-state index contributed by atoms with van der Waals surface area (Å²) in [7, 11) is 3.12. The summed E-state index contributed by atoms with van der Waals surface area (Å²) in [4.78, 5) is 22.9. The fourth-order valence-corrected chi connectivity index (χ4v) is 2.55. The standard InChI is InChI=1S/C18H23N3O4/c1-12-16(8-9-18(23)25-11-17(22)19-3)13(2)21(20-12)14-6-5-7-15(10-14)24-4/h5-7,10H,8-9,11H2,1-4H3,(H,19,22). The number of likely N-dealkylation sites (N-methyl/N-ethyl adjacent to an activating group) is 1. The largest absolute Gasteiger partial charge is 0.497 e. The molecule has 0 aliphatic rings. The number of aromatic nitrogens is 2. The van der Waals surface area contributed by atoms with Gasteiger partial charge in [0.2, 0.25) is 0 Å². The summed E-state index contributed by atoms with van der Waals surface area (Å²) >= 11 is 0. The molecule has 0 aliphatic carbocycles. The van der Waals surface area contributed by atoms with Crippen LogP contribution in [0.1, 0.15) is 23.4 Å². The van der Waals surface area contributed by atoms with Crippen LogP contribution in [-0.2, 0) is 20.7 Å². The Morgan fingerprint density at radius 1 is 1.28 bits per heavy atom. The van der Waals surface area contributed by atoms with Crippen LogP contribution in [0.15, 0.2) is 24.3 Å². The van der Waals surface area contributed by atoms with Crippen LogP contribution >= 0.6 is 0 Å². The molecule has 0 atom stereocenters. The highest BCUT2D eigenvalue weighted by Crippen LogP contribution is 2.22. The van der Waals surface area contributed by atoms with Crippen molar-refractivity contribution >= 4 is 11.9 Å². The van der Waals surface area contributed by atoms with Gasteiger partial charge in [0.05, 0.1) is 18.5 Å². The highest BCUT2D eigenvalue weighted by atomic mass is 16.5. The Morgan fingerprint density at radius 3 is 2.72 bits per heavy atom. The molecule has 2 rings (SSSR count). The SMILES string of the molecule is CNC(=O)COC(=O)CCc1c(C)nn(-c2cccc(OC)c2)c1C. The molecule has 0 spiro atoms. The Balaban J connectivity index is 2.09. The number of nitrogens with one attached hydrogen (secondary N) is 1. The molecule has 0 unspecified atom stereocenters. The summed E-state index contributed by atoms with van der Waals surface area (Å²) in [6.07, 6.45) is 0.705. The van der Waals surface area contributed by atoms with E-state index < -0.39 is 5.97 Å². The van der Waals surface area contributed by atoms with Crippen molar-refractivity contribution in [1.29, 1.82) is 0 Å². The number of aryl methyl sites for hydroxylation is 1. The molecule has 134 valence electrons. The van der Waals surface area contributed by atoms with E-state index in [4.69, 9.17) is 9.47 Å². The van der Waals surface area contributed by atoms with E-state index in [-0.39, 0.29) is 18.9 Å². The average Bonchev–Trinajstić information content (AvgIpc) is 2.91. The molecule has 0 bridgehead atoms. The Labute approximate surface area is 146 Å². The predicted octanol–water partition coefficient (Wildman–Crippen LogP) is 1.72. The van der Waals surface area contributed by atoms with Crippen LogP contribution in [0.25, 0.3) is 5.69 Å². The third-order valence-electron chi connectivity index (χ3n) is 3.96. The van der Waals surface area contributed by atoms with Crippen molar-refractivity contribution in [2.45, 2.75) is 26.7 Å². The van der Waals surface area contributed by atoms with Crippen molar-refractivity contribution in [3.63, 3.8) is 0 Å². The van der Waals surface area contributed by atoms with Gasteiger partial charge in [-0.25, -0.2) is 4.68 Å². The summed E-state index contributed by atoms with van der Waals surface area (Å²) in [6, 6.07) is 7.63. The highest BCUT2D eigenvalue weighted by Gasteiger charge is 2.15. The molecule has 0 radical (unpaired) electrons. The Morgan fingerprint density at radius 2 is 2.04 bits per heavy atom. The molecule has 0 aliphatic heterocycles. The minimum atomic E-state index is -0.406. The van der Waals surface area contributed by atoms with Crippen molar-refractivity contribution in [2.75, 3.05) is 20.8 Å². The quantitative estimate of drug-likeness (QED) is 0.773. The normalized spacial score (nSPS) is 10.4. The van der Waals surface area contributed by atoms with Gasteiger partial charge in [-0.2, -0.15) is 5.10 Å². The second kappa shape index (κ2) is 8.32. The zero-order chi connectivity index (χ0) is 18.4. The average molecular weight is 345 g/mol. The number of ether oxygens (including phenoxy) is 2. The van der Waals surface area contributed by atoms with Crippen LogP contribution in [0, 0.1) is 13.8 Å². The van der Waals surface area contributed by atoms with Crippen molar-refractivity contribution in [2.24, 2.45) is 0 Å². The summed E-state index contributed by atoms with van der Waals surface area (Å²) in [5.41, 5.74) is 3.72. The highest BCUT2D eigenvalue weighted by molar-refractivity contribution is 5.80. The fraction of sp³-hybridized carbons (Fsp3) is 0.389. The molecule has 1 heterocycles. The third kappa shape index (κ3) is 4.59. The molecule has 0 fully saturated rings. The smallest absolute Gasteiger partial charge is 0.306 e. The van der Waals surface area contributed by atoms with E-state index in [1.165, 1.54) is 7.05 Å². The number of nitrogens with zero attached hydrogens (tertiary/aromatic N) is 2. The minimum absolute atomic E-state index is 0.197. The van der Waals surface area contributed by atoms with Gasteiger partial charge in [0.15, 0.2) is 6.61 Å². The molecule has 2 aromatic rings. The monoisotopic (exact) mass is 345 g/mol. The van der Waals surface area contributed by atoms with Crippen molar-refractivity contribution in [3.05, 3.63) is 41.2 Å². The van der Waals surface area contributed by atoms with E-state index >= 15 is 0 Å². The van der Waals surface area contributed by atoms with Gasteiger partial charge in [0.25, 0.3) is 5.91 Å². The number of rotatable bonds is 7. The first kappa shape index (κ1) is 18.5. The Hall–Kier alpha value is -2.83. The van der Waals surface area contributed by atoms with Gasteiger partial charge >= 0.3 is 5.97 Å². The number of hydrogen-bond donors (Lipinski definition) is 1. The lowest BCUT2D eigenvalue weighted by Crippen LogP contribution is -2.25. The van der Waals surface area contributed by atoms with E-state index in [1.54, 1.807) is 7.11 Å². The summed E-state index contributed by atoms with van der Waals surface area (Å²) in [6.45, 7) is 3.62. The summed E-state index contributed by atoms with van der Waals surface area (Å²) < 4.78 is 12.0. The number of benzene rings is 1. The molecule has 25 heavy (non-hydrogen) atoms. The molecule has 0 saturated carbocycles. The maximum Gasteiger partial charge on any atom is 0.306 e. The second-order valence-corrected chi connectivity index (χ2v) is 5.60. The number of carbonyl (C=O) groups excluding carboxylic acids is 2. The Kier molecular flexibility index (Phi) is 6.16. The summed E-state index contributed by atoms with van der Waals surface area (Å²) in [5, 5.41) is 6.97. The van der Waals surface area contributed by atoms with Gasteiger partial charge in [-0.05, 0) is 38.0 Å². The second-order valence-electron chi connectivity index (χ2n) is 5.60. The van der Waals surface area contributed by atoms with Gasteiger partial charge in [0, 0.05) is 25.2 Å². The summed E-state index contributed by atoms with van der Waals surface area (Å²) in [5.74, 6) is 0.0208. The molecule has 7 nitrogen and oxygen atoms in total. The van der Waals surface area contributed by atoms with Crippen LogP contribution < -0.4 is 10.1 Å². The lowest BCUT2D eigenvalue weighted by Gasteiger charge is -2.07. The molecule has 1 N–H and O–H groups in total. The number of esters is 1. The van der Waals surface area contributed by atoms with Crippen LogP contribution in [0.5, 0.6) is 5.75 Å². The van der Waals surface area contributed by atoms with Gasteiger partial charge < -0.3 is 14.8 Å². The first-order valence-electron chi connectivity index (χ1n) is 8.02. The number of hydrogen-bond acceptors (Lipinski definition) is 5. The fourth-order valence-electron chi connectivity index (χ4n) is 2.55. The third-order valence-corrected chi connectivity index (χ3v) is 3.96. The van der Waals surface area contributed by atoms with E-state index in [2.05, 4.69) is 10.4 Å². The first-order chi connectivity index (χ1) is 12.0. The number of carbonyl (C=O) groups is 2. The lowest BCUT2D eigenvalue weighted by molar-refractivity contribution is -0.148. The molecule has 1 amide bonds. The van der Waals surface area contributed by atoms with E-state index in [1.807, 2.05) is 42.8 Å². The number of amides is 1. The van der Waals surface area contributed by atoms with Crippen LogP contribution in [0.4, 0.5) is 0 Å². The minimum Gasteiger partial charge on any atom is -0.497 e. The van der Waals surface area contributed by atoms with Gasteiger partial charge in [-0.1, -0.05) is 6.07 Å². The molecule has 1 aromatic carbocycles. The maximum absolute atomic E-state index is 11.8. The van der Waals surface area contributed by atoms with Crippen molar-refractivity contribution in [3.8, 4) is 11.4 Å². The van der Waals surface area contributed by atoms with E-state index in [0.29, 0.717) is 6.42 Å². The zero-order valence-corrected chi connectivity index (χ0v) is 15.0. The first-order valence-corrected chi connectivity index (χ1v) is 8.02. The topological polar surface area (TPSA) is 82.5 Å². The molecule has 7 heteroatoms. The van der Waals surface area contributed by atoms with Crippen LogP contribution in [0.2, 0.25) is 0 Å². The van der Waals surface area contributed by atoms with E-state index in [0.717, 1.165) is 28.4 Å². The lowest BCUT2D eigenvalue weighted by atomic mass is 10.1. The maximum atomic E-state index is 11.8. The number of methoxy groups -OCH3 is 1. The molecule has 0 saturated heterocycles. The van der Waals surface area contributed by atoms with Crippen LogP contribution in [-0.4, -0.2) is 42.4 Å². The van der Waals surface area contributed by atoms with E-state index in [9.17, 15) is 9.59 Å². The molecular formula is C18H23N3O4. The molecular weight excluding hydrogens is 322 g/mol.